The standard InChI is InChI=1S/C21H22ClNO5S2/c1-29-16-7-10-19(22)18(13-16)21(25)28-14-20(24)15-5-8-17(9-6-15)30(26,27)23-11-3-2-4-12-23/h5-10,13H,2-4,11-12,14H2,1H3. The van der Waals surface area contributed by atoms with Gasteiger partial charge in [0.15, 0.2) is 12.4 Å². The Balaban J connectivity index is 1.64. The van der Waals surface area contributed by atoms with Gasteiger partial charge in [-0.2, -0.15) is 4.31 Å². The van der Waals surface area contributed by atoms with Gasteiger partial charge in [-0.3, -0.25) is 4.79 Å². The second kappa shape index (κ2) is 9.96. The average Bonchev–Trinajstić information content (AvgIpc) is 2.78. The zero-order valence-corrected chi connectivity index (χ0v) is 18.9. The number of rotatable bonds is 7. The predicted molar refractivity (Wildman–Crippen MR) is 117 cm³/mol. The number of sulfonamides is 1. The number of carbonyl (C=O) groups is 2. The van der Waals surface area contributed by atoms with Gasteiger partial charge in [0, 0.05) is 23.5 Å². The molecule has 0 amide bonds. The van der Waals surface area contributed by atoms with Gasteiger partial charge in [0.1, 0.15) is 0 Å². The lowest BCUT2D eigenvalue weighted by molar-refractivity contribution is 0.0474. The van der Waals surface area contributed by atoms with Crippen molar-refractivity contribution in [2.24, 2.45) is 0 Å². The lowest BCUT2D eigenvalue weighted by Gasteiger charge is -2.25. The van der Waals surface area contributed by atoms with E-state index in [1.165, 1.54) is 40.3 Å². The van der Waals surface area contributed by atoms with Gasteiger partial charge >= 0.3 is 5.97 Å². The summed E-state index contributed by atoms with van der Waals surface area (Å²) < 4.78 is 31.9. The first-order valence-electron chi connectivity index (χ1n) is 9.47. The summed E-state index contributed by atoms with van der Waals surface area (Å²) in [4.78, 5) is 25.7. The Bertz CT molecular complexity index is 1030. The van der Waals surface area contributed by atoms with E-state index in [-0.39, 0.29) is 21.0 Å². The fourth-order valence-electron chi connectivity index (χ4n) is 3.15. The van der Waals surface area contributed by atoms with Crippen LogP contribution in [0.5, 0.6) is 0 Å². The largest absolute Gasteiger partial charge is 0.454 e. The summed E-state index contributed by atoms with van der Waals surface area (Å²) in [6, 6.07) is 10.7. The van der Waals surface area contributed by atoms with E-state index in [1.54, 1.807) is 18.2 Å². The van der Waals surface area contributed by atoms with Crippen LogP contribution in [-0.2, 0) is 14.8 Å². The number of ketones is 1. The van der Waals surface area contributed by atoms with Crippen LogP contribution in [0.2, 0.25) is 5.02 Å². The molecule has 1 heterocycles. The summed E-state index contributed by atoms with van der Waals surface area (Å²) in [5.74, 6) is -1.11. The van der Waals surface area contributed by atoms with E-state index in [1.807, 2.05) is 6.26 Å². The quantitative estimate of drug-likeness (QED) is 0.343. The smallest absolute Gasteiger partial charge is 0.340 e. The van der Waals surface area contributed by atoms with Gasteiger partial charge in [-0.05, 0) is 61.6 Å². The summed E-state index contributed by atoms with van der Waals surface area (Å²) in [5, 5.41) is 0.248. The van der Waals surface area contributed by atoms with Crippen LogP contribution in [0.3, 0.4) is 0 Å². The lowest BCUT2D eigenvalue weighted by atomic mass is 10.1. The highest BCUT2D eigenvalue weighted by molar-refractivity contribution is 7.98. The fourth-order valence-corrected chi connectivity index (χ4v) is 5.30. The van der Waals surface area contributed by atoms with Crippen molar-refractivity contribution in [3.63, 3.8) is 0 Å². The third-order valence-corrected chi connectivity index (χ3v) is 7.82. The van der Waals surface area contributed by atoms with Crippen LogP contribution in [0.25, 0.3) is 0 Å². The number of esters is 1. The number of nitrogens with zero attached hydrogens (tertiary/aromatic N) is 1. The van der Waals surface area contributed by atoms with Gasteiger partial charge in [0.05, 0.1) is 15.5 Å². The minimum absolute atomic E-state index is 0.151. The molecule has 30 heavy (non-hydrogen) atoms. The first kappa shape index (κ1) is 22.8. The molecule has 0 aromatic heterocycles. The molecular formula is C21H22ClNO5S2. The number of piperidine rings is 1. The molecule has 6 nitrogen and oxygen atoms in total. The number of thioether (sulfide) groups is 1. The molecule has 1 fully saturated rings. The maximum atomic E-state index is 12.7. The van der Waals surface area contributed by atoms with Crippen LogP contribution < -0.4 is 0 Å². The van der Waals surface area contributed by atoms with Crippen LogP contribution in [0.15, 0.2) is 52.3 Å². The second-order valence-electron chi connectivity index (χ2n) is 6.83. The van der Waals surface area contributed by atoms with Crippen LogP contribution >= 0.6 is 23.4 Å². The summed E-state index contributed by atoms with van der Waals surface area (Å²) in [7, 11) is -3.56. The normalized spacial score (nSPS) is 15.0. The van der Waals surface area contributed by atoms with Gasteiger partial charge < -0.3 is 4.74 Å². The monoisotopic (exact) mass is 467 g/mol. The molecule has 0 bridgehead atoms. The molecule has 0 spiro atoms. The van der Waals surface area contributed by atoms with E-state index in [0.29, 0.717) is 13.1 Å². The van der Waals surface area contributed by atoms with Crippen molar-refractivity contribution < 1.29 is 22.7 Å². The molecule has 1 saturated heterocycles. The second-order valence-corrected chi connectivity index (χ2v) is 10.1. The molecular weight excluding hydrogens is 446 g/mol. The SMILES string of the molecule is CSc1ccc(Cl)c(C(=O)OCC(=O)c2ccc(S(=O)(=O)N3CCCCC3)cc2)c1. The van der Waals surface area contributed by atoms with E-state index < -0.39 is 28.4 Å². The Hall–Kier alpha value is -1.87. The molecule has 0 saturated carbocycles. The highest BCUT2D eigenvalue weighted by atomic mass is 35.5. The first-order chi connectivity index (χ1) is 14.3. The number of carbonyl (C=O) groups excluding carboxylic acids is 2. The van der Waals surface area contributed by atoms with Crippen LogP contribution in [-0.4, -0.2) is 50.4 Å². The Morgan fingerprint density at radius 1 is 1.07 bits per heavy atom. The number of halogens is 1. The number of ether oxygens (including phenoxy) is 1. The molecule has 0 unspecified atom stereocenters. The molecule has 1 aliphatic rings. The van der Waals surface area contributed by atoms with Crippen molar-refractivity contribution in [3.05, 3.63) is 58.6 Å². The van der Waals surface area contributed by atoms with Gasteiger partial charge in [-0.15, -0.1) is 11.8 Å². The van der Waals surface area contributed by atoms with E-state index in [0.717, 1.165) is 24.2 Å². The average molecular weight is 468 g/mol. The highest BCUT2D eigenvalue weighted by Crippen LogP contribution is 2.24. The van der Waals surface area contributed by atoms with Gasteiger partial charge in [0.2, 0.25) is 10.0 Å². The van der Waals surface area contributed by atoms with Gasteiger partial charge in [0.25, 0.3) is 0 Å². The fraction of sp³-hybridized carbons (Fsp3) is 0.333. The zero-order chi connectivity index (χ0) is 21.7. The Labute approximate surface area is 185 Å². The molecule has 2 aromatic rings. The number of benzene rings is 2. The summed E-state index contributed by atoms with van der Waals surface area (Å²) in [6.07, 6.45) is 4.61. The minimum atomic E-state index is -3.56. The van der Waals surface area contributed by atoms with Crippen LogP contribution in [0, 0.1) is 0 Å². The summed E-state index contributed by atoms with van der Waals surface area (Å²) in [6.45, 7) is 0.565. The zero-order valence-electron chi connectivity index (χ0n) is 16.5. The third-order valence-electron chi connectivity index (χ3n) is 4.86. The predicted octanol–water partition coefficient (Wildman–Crippen LogP) is 4.28. The lowest BCUT2D eigenvalue weighted by Crippen LogP contribution is -2.35. The molecule has 0 atom stereocenters. The van der Waals surface area contributed by atoms with Crippen molar-refractivity contribution >= 4 is 45.1 Å². The first-order valence-corrected chi connectivity index (χ1v) is 12.5. The van der Waals surface area contributed by atoms with Crippen LogP contribution in [0.4, 0.5) is 0 Å². The molecule has 9 heteroatoms. The Morgan fingerprint density at radius 2 is 1.73 bits per heavy atom. The molecule has 0 radical (unpaired) electrons. The number of hydrogen-bond acceptors (Lipinski definition) is 6. The van der Waals surface area contributed by atoms with E-state index in [2.05, 4.69) is 0 Å². The third kappa shape index (κ3) is 5.24. The van der Waals surface area contributed by atoms with Crippen molar-refractivity contribution in [1.82, 2.24) is 4.31 Å². The minimum Gasteiger partial charge on any atom is -0.454 e. The Morgan fingerprint density at radius 3 is 2.37 bits per heavy atom. The maximum Gasteiger partial charge on any atom is 0.340 e. The van der Waals surface area contributed by atoms with Crippen molar-refractivity contribution in [3.8, 4) is 0 Å². The highest BCUT2D eigenvalue weighted by Gasteiger charge is 2.26. The number of Topliss-reactive ketones (excluding diaryl/α,β-unsaturated/α-hetero) is 1. The van der Waals surface area contributed by atoms with Crippen molar-refractivity contribution in [2.75, 3.05) is 26.0 Å². The Kier molecular flexibility index (Phi) is 7.57. The van der Waals surface area contributed by atoms with E-state index >= 15 is 0 Å². The van der Waals surface area contributed by atoms with Gasteiger partial charge in [-0.25, -0.2) is 13.2 Å². The van der Waals surface area contributed by atoms with Gasteiger partial charge in [-0.1, -0.05) is 18.0 Å². The molecule has 160 valence electrons. The summed E-state index contributed by atoms with van der Waals surface area (Å²) >= 11 is 7.51. The number of hydrogen-bond donors (Lipinski definition) is 0. The van der Waals surface area contributed by atoms with E-state index in [9.17, 15) is 18.0 Å². The molecule has 1 aliphatic heterocycles. The molecule has 3 rings (SSSR count). The molecule has 2 aromatic carbocycles. The molecule has 0 aliphatic carbocycles. The summed E-state index contributed by atoms with van der Waals surface area (Å²) in [5.41, 5.74) is 0.462. The van der Waals surface area contributed by atoms with Crippen molar-refractivity contribution in [1.29, 1.82) is 0 Å². The molecule has 0 N–H and O–H groups in total. The van der Waals surface area contributed by atoms with Crippen molar-refractivity contribution in [2.45, 2.75) is 29.1 Å². The van der Waals surface area contributed by atoms with Crippen LogP contribution in [0.1, 0.15) is 40.0 Å². The van der Waals surface area contributed by atoms with E-state index in [4.69, 9.17) is 16.3 Å². The topological polar surface area (TPSA) is 80.8 Å². The maximum absolute atomic E-state index is 12.7.